The quantitative estimate of drug-likeness (QED) is 0.734. The van der Waals surface area contributed by atoms with E-state index in [9.17, 15) is 9.59 Å². The average Bonchev–Trinajstić information content (AvgIpc) is 2.58. The van der Waals surface area contributed by atoms with Gasteiger partial charge in [0.05, 0.1) is 6.67 Å². The second-order valence-corrected chi connectivity index (χ2v) is 3.29. The van der Waals surface area contributed by atoms with E-state index < -0.39 is 0 Å². The second kappa shape index (κ2) is 4.08. The van der Waals surface area contributed by atoms with Gasteiger partial charge in [0.25, 0.3) is 0 Å². The third-order valence-electron chi connectivity index (χ3n) is 2.28. The molecule has 5 heteroatoms. The van der Waals surface area contributed by atoms with E-state index in [4.69, 9.17) is 0 Å². The van der Waals surface area contributed by atoms with Crippen molar-refractivity contribution in [2.24, 2.45) is 0 Å². The van der Waals surface area contributed by atoms with Crippen LogP contribution in [0, 0.1) is 0 Å². The van der Waals surface area contributed by atoms with Crippen LogP contribution in [-0.4, -0.2) is 28.4 Å². The lowest BCUT2D eigenvalue weighted by molar-refractivity contribution is -0.137. The standard InChI is InChI=1S/C10H11N3O2/c14-9-1-2-10(15)13(9)7-12-8-3-5-11-6-4-8/h3-6H,1-2,7H2,(H,11,12). The third-order valence-corrected chi connectivity index (χ3v) is 2.28. The van der Waals surface area contributed by atoms with E-state index in [-0.39, 0.29) is 18.5 Å². The Morgan fingerprint density at radius 1 is 1.20 bits per heavy atom. The van der Waals surface area contributed by atoms with Crippen molar-refractivity contribution in [1.82, 2.24) is 9.88 Å². The van der Waals surface area contributed by atoms with Crippen LogP contribution >= 0.6 is 0 Å². The molecule has 0 unspecified atom stereocenters. The number of carbonyl (C=O) groups excluding carboxylic acids is 2. The van der Waals surface area contributed by atoms with Crippen molar-refractivity contribution >= 4 is 17.5 Å². The molecular weight excluding hydrogens is 194 g/mol. The Morgan fingerprint density at radius 2 is 1.80 bits per heavy atom. The molecule has 0 bridgehead atoms. The molecular formula is C10H11N3O2. The zero-order chi connectivity index (χ0) is 10.7. The fraction of sp³-hybridized carbons (Fsp3) is 0.300. The van der Waals surface area contributed by atoms with Crippen LogP contribution in [0.5, 0.6) is 0 Å². The zero-order valence-electron chi connectivity index (χ0n) is 8.14. The van der Waals surface area contributed by atoms with E-state index in [0.717, 1.165) is 5.69 Å². The highest BCUT2D eigenvalue weighted by atomic mass is 16.2. The van der Waals surface area contributed by atoms with Crippen molar-refractivity contribution in [2.45, 2.75) is 12.8 Å². The predicted molar refractivity (Wildman–Crippen MR) is 53.8 cm³/mol. The summed E-state index contributed by atoms with van der Waals surface area (Å²) in [7, 11) is 0. The number of pyridine rings is 1. The lowest BCUT2D eigenvalue weighted by Crippen LogP contribution is -2.33. The monoisotopic (exact) mass is 205 g/mol. The highest BCUT2D eigenvalue weighted by molar-refractivity contribution is 6.02. The Balaban J connectivity index is 1.93. The molecule has 1 aliphatic rings. The molecule has 1 fully saturated rings. The highest BCUT2D eigenvalue weighted by Gasteiger charge is 2.28. The molecule has 0 radical (unpaired) electrons. The Hall–Kier alpha value is -1.91. The molecule has 0 aromatic carbocycles. The Bertz CT molecular complexity index is 362. The fourth-order valence-electron chi connectivity index (χ4n) is 1.44. The molecule has 1 aliphatic heterocycles. The Kier molecular flexibility index (Phi) is 2.62. The van der Waals surface area contributed by atoms with Crippen LogP contribution in [0.2, 0.25) is 0 Å². The number of carbonyl (C=O) groups is 2. The van der Waals surface area contributed by atoms with Gasteiger partial charge in [-0.25, -0.2) is 0 Å². The van der Waals surface area contributed by atoms with Crippen LogP contribution in [-0.2, 0) is 9.59 Å². The van der Waals surface area contributed by atoms with Crippen molar-refractivity contribution in [3.8, 4) is 0 Å². The minimum absolute atomic E-state index is 0.110. The number of anilines is 1. The van der Waals surface area contributed by atoms with Gasteiger partial charge in [0.15, 0.2) is 0 Å². The van der Waals surface area contributed by atoms with Crippen molar-refractivity contribution < 1.29 is 9.59 Å². The molecule has 5 nitrogen and oxygen atoms in total. The van der Waals surface area contributed by atoms with E-state index in [1.54, 1.807) is 24.5 Å². The molecule has 2 rings (SSSR count). The first-order valence-corrected chi connectivity index (χ1v) is 4.74. The van der Waals surface area contributed by atoms with Crippen molar-refractivity contribution in [3.05, 3.63) is 24.5 Å². The van der Waals surface area contributed by atoms with E-state index >= 15 is 0 Å². The van der Waals surface area contributed by atoms with Gasteiger partial charge in [0, 0.05) is 30.9 Å². The van der Waals surface area contributed by atoms with Crippen LogP contribution in [0.4, 0.5) is 5.69 Å². The molecule has 1 aromatic heterocycles. The molecule has 0 aliphatic carbocycles. The number of imide groups is 1. The number of hydrogen-bond donors (Lipinski definition) is 1. The number of nitrogens with zero attached hydrogens (tertiary/aromatic N) is 2. The van der Waals surface area contributed by atoms with Crippen molar-refractivity contribution in [1.29, 1.82) is 0 Å². The SMILES string of the molecule is O=C1CCC(=O)N1CNc1ccncc1. The van der Waals surface area contributed by atoms with Gasteiger partial charge in [0.2, 0.25) is 11.8 Å². The lowest BCUT2D eigenvalue weighted by Gasteiger charge is -2.15. The number of aromatic nitrogens is 1. The minimum Gasteiger partial charge on any atom is -0.367 e. The Labute approximate surface area is 87.1 Å². The zero-order valence-corrected chi connectivity index (χ0v) is 8.14. The summed E-state index contributed by atoms with van der Waals surface area (Å²) < 4.78 is 0. The number of rotatable bonds is 3. The topological polar surface area (TPSA) is 62.3 Å². The number of likely N-dealkylation sites (tertiary alicyclic amines) is 1. The molecule has 0 saturated carbocycles. The normalized spacial score (nSPS) is 15.9. The maximum absolute atomic E-state index is 11.3. The van der Waals surface area contributed by atoms with Gasteiger partial charge < -0.3 is 5.32 Å². The second-order valence-electron chi connectivity index (χ2n) is 3.29. The largest absolute Gasteiger partial charge is 0.367 e. The van der Waals surface area contributed by atoms with Gasteiger partial charge in [-0.05, 0) is 12.1 Å². The van der Waals surface area contributed by atoms with Gasteiger partial charge in [-0.2, -0.15) is 0 Å². The van der Waals surface area contributed by atoms with E-state index in [2.05, 4.69) is 10.3 Å². The van der Waals surface area contributed by atoms with Gasteiger partial charge in [-0.3, -0.25) is 19.5 Å². The molecule has 1 N–H and O–H groups in total. The number of hydrogen-bond acceptors (Lipinski definition) is 4. The molecule has 1 aromatic rings. The van der Waals surface area contributed by atoms with Gasteiger partial charge in [-0.15, -0.1) is 0 Å². The summed E-state index contributed by atoms with van der Waals surface area (Å²) in [6.45, 7) is 0.238. The van der Waals surface area contributed by atoms with E-state index in [0.29, 0.717) is 12.8 Å². The van der Waals surface area contributed by atoms with Crippen molar-refractivity contribution in [3.63, 3.8) is 0 Å². The van der Waals surface area contributed by atoms with Gasteiger partial charge in [0.1, 0.15) is 0 Å². The maximum atomic E-state index is 11.3. The maximum Gasteiger partial charge on any atom is 0.231 e. The Morgan fingerprint density at radius 3 is 2.40 bits per heavy atom. The smallest absolute Gasteiger partial charge is 0.231 e. The molecule has 2 amide bonds. The molecule has 15 heavy (non-hydrogen) atoms. The minimum atomic E-state index is -0.110. The van der Waals surface area contributed by atoms with Crippen LogP contribution in [0.25, 0.3) is 0 Å². The first-order valence-electron chi connectivity index (χ1n) is 4.74. The molecule has 1 saturated heterocycles. The van der Waals surface area contributed by atoms with Crippen molar-refractivity contribution in [2.75, 3.05) is 12.0 Å². The lowest BCUT2D eigenvalue weighted by atomic mass is 10.4. The molecule has 0 atom stereocenters. The van der Waals surface area contributed by atoms with Crippen LogP contribution in [0.15, 0.2) is 24.5 Å². The number of nitrogens with one attached hydrogen (secondary N) is 1. The van der Waals surface area contributed by atoms with E-state index in [1.807, 2.05) is 0 Å². The van der Waals surface area contributed by atoms with Crippen LogP contribution in [0.1, 0.15) is 12.8 Å². The molecule has 0 spiro atoms. The fourth-order valence-corrected chi connectivity index (χ4v) is 1.44. The summed E-state index contributed by atoms with van der Waals surface area (Å²) in [5.41, 5.74) is 0.845. The third kappa shape index (κ3) is 2.12. The average molecular weight is 205 g/mol. The first kappa shape index (κ1) is 9.64. The summed E-state index contributed by atoms with van der Waals surface area (Å²) in [4.78, 5) is 27.6. The predicted octanol–water partition coefficient (Wildman–Crippen LogP) is 0.600. The summed E-state index contributed by atoms with van der Waals surface area (Å²) in [6, 6.07) is 3.57. The summed E-state index contributed by atoms with van der Waals surface area (Å²) in [5, 5.41) is 2.99. The summed E-state index contributed by atoms with van der Waals surface area (Å²) in [6.07, 6.45) is 3.96. The van der Waals surface area contributed by atoms with Crippen LogP contribution in [0.3, 0.4) is 0 Å². The van der Waals surface area contributed by atoms with Crippen LogP contribution < -0.4 is 5.32 Å². The summed E-state index contributed by atoms with van der Waals surface area (Å²) >= 11 is 0. The van der Waals surface area contributed by atoms with Gasteiger partial charge >= 0.3 is 0 Å². The number of amides is 2. The molecule has 2 heterocycles. The molecule has 78 valence electrons. The first-order chi connectivity index (χ1) is 7.27. The highest BCUT2D eigenvalue weighted by Crippen LogP contribution is 2.12. The van der Waals surface area contributed by atoms with Gasteiger partial charge in [-0.1, -0.05) is 0 Å². The summed E-state index contributed by atoms with van der Waals surface area (Å²) in [5.74, 6) is -0.219. The van der Waals surface area contributed by atoms with E-state index in [1.165, 1.54) is 4.90 Å².